The highest BCUT2D eigenvalue weighted by molar-refractivity contribution is 5.95. The van der Waals surface area contributed by atoms with Gasteiger partial charge in [-0.1, -0.05) is 19.1 Å². The minimum atomic E-state index is -0.336. The van der Waals surface area contributed by atoms with Gasteiger partial charge in [0.2, 0.25) is 5.91 Å². The summed E-state index contributed by atoms with van der Waals surface area (Å²) in [5.41, 5.74) is 0.668. The van der Waals surface area contributed by atoms with Crippen LogP contribution in [0.3, 0.4) is 0 Å². The van der Waals surface area contributed by atoms with Crippen molar-refractivity contribution in [1.29, 1.82) is 0 Å². The number of rotatable bonds is 4. The molecule has 0 unspecified atom stereocenters. The monoisotopic (exact) mass is 192 g/mol. The van der Waals surface area contributed by atoms with E-state index in [0.717, 1.165) is 6.42 Å². The van der Waals surface area contributed by atoms with Gasteiger partial charge in [-0.2, -0.15) is 0 Å². The molecule has 0 saturated heterocycles. The largest absolute Gasteiger partial charge is 0.491 e. The van der Waals surface area contributed by atoms with Gasteiger partial charge in [0.25, 0.3) is 0 Å². The van der Waals surface area contributed by atoms with Gasteiger partial charge in [-0.15, -0.1) is 0 Å². The average molecular weight is 192 g/mol. The van der Waals surface area contributed by atoms with Crippen LogP contribution in [0.4, 0.5) is 5.69 Å². The molecule has 0 aliphatic carbocycles. The van der Waals surface area contributed by atoms with Crippen molar-refractivity contribution in [3.05, 3.63) is 31.2 Å². The lowest BCUT2D eigenvalue weighted by atomic mass is 10.3. The van der Waals surface area contributed by atoms with E-state index in [1.54, 1.807) is 6.07 Å². The molecule has 1 aromatic carbocycles. The van der Waals surface area contributed by atoms with E-state index >= 15 is 0 Å². The fraction of sp³-hybridized carbons (Fsp3) is 0.273. The number of amides is 1. The summed E-state index contributed by atoms with van der Waals surface area (Å²) in [6, 6.07) is 7.31. The van der Waals surface area contributed by atoms with Crippen molar-refractivity contribution in [2.45, 2.75) is 13.3 Å². The maximum absolute atomic E-state index is 10.8. The molecule has 3 heteroatoms. The number of benzene rings is 1. The minimum Gasteiger partial charge on any atom is -0.491 e. The molecule has 0 spiro atoms. The van der Waals surface area contributed by atoms with Crippen molar-refractivity contribution < 1.29 is 9.53 Å². The number of anilines is 1. The first-order valence-corrected chi connectivity index (χ1v) is 4.58. The van der Waals surface area contributed by atoms with Crippen LogP contribution < -0.4 is 10.1 Å². The maximum Gasteiger partial charge on any atom is 0.224 e. The predicted molar refractivity (Wildman–Crippen MR) is 56.2 cm³/mol. The second-order valence-electron chi connectivity index (χ2n) is 2.89. The number of hydrogen-bond donors (Lipinski definition) is 1. The Balaban J connectivity index is 2.74. The second kappa shape index (κ2) is 5.27. The standard InChI is InChI=1S/C11H14NO2/c1-3-8-14-11-7-5-4-6-10(11)12-9(2)13/h4-7H,2-3,8H2,1H3,(H,12,13). The molecule has 0 saturated carbocycles. The molecule has 0 aliphatic heterocycles. The molecular weight excluding hydrogens is 178 g/mol. The molecule has 3 nitrogen and oxygen atoms in total. The van der Waals surface area contributed by atoms with Crippen LogP contribution in [0, 0.1) is 6.92 Å². The lowest BCUT2D eigenvalue weighted by Gasteiger charge is -2.10. The summed E-state index contributed by atoms with van der Waals surface area (Å²) in [5, 5.41) is 2.61. The number of carbonyl (C=O) groups is 1. The van der Waals surface area contributed by atoms with Gasteiger partial charge >= 0.3 is 0 Å². The fourth-order valence-corrected chi connectivity index (χ4v) is 1.06. The van der Waals surface area contributed by atoms with Gasteiger partial charge in [0.15, 0.2) is 0 Å². The highest BCUT2D eigenvalue weighted by atomic mass is 16.5. The number of para-hydroxylation sites is 2. The molecule has 0 aliphatic rings. The molecule has 1 N–H and O–H groups in total. The zero-order valence-corrected chi connectivity index (χ0v) is 8.25. The molecular formula is C11H14NO2. The van der Waals surface area contributed by atoms with Crippen LogP contribution in [-0.2, 0) is 4.79 Å². The van der Waals surface area contributed by atoms with E-state index in [1.165, 1.54) is 0 Å². The highest BCUT2D eigenvalue weighted by Gasteiger charge is 2.02. The molecule has 75 valence electrons. The molecule has 1 amide bonds. The lowest BCUT2D eigenvalue weighted by Crippen LogP contribution is -2.08. The van der Waals surface area contributed by atoms with E-state index in [9.17, 15) is 4.79 Å². The molecule has 0 aromatic heterocycles. The van der Waals surface area contributed by atoms with E-state index in [0.29, 0.717) is 18.0 Å². The first kappa shape index (κ1) is 10.6. The lowest BCUT2D eigenvalue weighted by molar-refractivity contribution is -0.112. The molecule has 1 aromatic rings. The van der Waals surface area contributed by atoms with Crippen LogP contribution in [0.15, 0.2) is 24.3 Å². The number of ether oxygens (including phenoxy) is 1. The van der Waals surface area contributed by atoms with Crippen LogP contribution in [-0.4, -0.2) is 12.5 Å². The summed E-state index contributed by atoms with van der Waals surface area (Å²) < 4.78 is 5.44. The van der Waals surface area contributed by atoms with Crippen molar-refractivity contribution in [1.82, 2.24) is 0 Å². The van der Waals surface area contributed by atoms with Gasteiger partial charge in [0.05, 0.1) is 12.3 Å². The van der Waals surface area contributed by atoms with Crippen molar-refractivity contribution in [2.24, 2.45) is 0 Å². The van der Waals surface area contributed by atoms with E-state index in [4.69, 9.17) is 4.74 Å². The second-order valence-corrected chi connectivity index (χ2v) is 2.89. The van der Waals surface area contributed by atoms with Crippen LogP contribution in [0.5, 0.6) is 5.75 Å². The van der Waals surface area contributed by atoms with Crippen LogP contribution in [0.25, 0.3) is 0 Å². The van der Waals surface area contributed by atoms with Crippen LogP contribution >= 0.6 is 0 Å². The van der Waals surface area contributed by atoms with Crippen molar-refractivity contribution in [2.75, 3.05) is 11.9 Å². The predicted octanol–water partition coefficient (Wildman–Crippen LogP) is 2.25. The molecule has 0 fully saturated rings. The van der Waals surface area contributed by atoms with E-state index in [-0.39, 0.29) is 5.91 Å². The first-order chi connectivity index (χ1) is 6.74. The fourth-order valence-electron chi connectivity index (χ4n) is 1.06. The molecule has 0 atom stereocenters. The normalized spacial score (nSPS) is 9.57. The van der Waals surface area contributed by atoms with Gasteiger partial charge in [-0.3, -0.25) is 4.79 Å². The topological polar surface area (TPSA) is 38.3 Å². The zero-order valence-electron chi connectivity index (χ0n) is 8.25. The van der Waals surface area contributed by atoms with Gasteiger partial charge < -0.3 is 10.1 Å². The number of carbonyl (C=O) groups excluding carboxylic acids is 1. The molecule has 0 bridgehead atoms. The molecule has 1 rings (SSSR count). The highest BCUT2D eigenvalue weighted by Crippen LogP contribution is 2.23. The van der Waals surface area contributed by atoms with E-state index < -0.39 is 0 Å². The summed E-state index contributed by atoms with van der Waals surface area (Å²) in [6.07, 6.45) is 0.937. The number of nitrogens with one attached hydrogen (secondary N) is 1. The molecule has 0 heterocycles. The summed E-state index contributed by atoms with van der Waals surface area (Å²) in [6.45, 7) is 5.92. The van der Waals surface area contributed by atoms with Gasteiger partial charge in [-0.05, 0) is 18.6 Å². The summed E-state index contributed by atoms with van der Waals surface area (Å²) in [7, 11) is 0. The Hall–Kier alpha value is -1.51. The van der Waals surface area contributed by atoms with Crippen LogP contribution in [0.1, 0.15) is 13.3 Å². The Morgan fingerprint density at radius 2 is 2.21 bits per heavy atom. The molecule has 14 heavy (non-hydrogen) atoms. The Morgan fingerprint density at radius 3 is 2.86 bits per heavy atom. The Kier molecular flexibility index (Phi) is 3.98. The zero-order chi connectivity index (χ0) is 10.4. The summed E-state index contributed by atoms with van der Waals surface area (Å²) in [4.78, 5) is 10.8. The van der Waals surface area contributed by atoms with Crippen molar-refractivity contribution >= 4 is 11.6 Å². The smallest absolute Gasteiger partial charge is 0.224 e. The van der Waals surface area contributed by atoms with E-state index in [1.807, 2.05) is 25.1 Å². The minimum absolute atomic E-state index is 0.336. The van der Waals surface area contributed by atoms with Crippen molar-refractivity contribution in [3.8, 4) is 5.75 Å². The third-order valence-corrected chi connectivity index (χ3v) is 1.62. The third kappa shape index (κ3) is 3.09. The Labute approximate surface area is 84.1 Å². The first-order valence-electron chi connectivity index (χ1n) is 4.58. The Bertz CT molecular complexity index is 310. The van der Waals surface area contributed by atoms with Gasteiger partial charge in [0.1, 0.15) is 5.75 Å². The average Bonchev–Trinajstić information content (AvgIpc) is 2.16. The van der Waals surface area contributed by atoms with Crippen LogP contribution in [0.2, 0.25) is 0 Å². The number of hydrogen-bond acceptors (Lipinski definition) is 2. The van der Waals surface area contributed by atoms with Gasteiger partial charge in [-0.25, -0.2) is 0 Å². The Morgan fingerprint density at radius 1 is 1.50 bits per heavy atom. The van der Waals surface area contributed by atoms with E-state index in [2.05, 4.69) is 12.2 Å². The SMILES string of the molecule is [CH2]C(=O)Nc1ccccc1OCCC. The van der Waals surface area contributed by atoms with Crippen molar-refractivity contribution in [3.63, 3.8) is 0 Å². The summed E-state index contributed by atoms with van der Waals surface area (Å²) >= 11 is 0. The maximum atomic E-state index is 10.8. The van der Waals surface area contributed by atoms with Gasteiger partial charge in [0, 0.05) is 6.92 Å². The summed E-state index contributed by atoms with van der Waals surface area (Å²) in [5.74, 6) is 0.351. The quantitative estimate of drug-likeness (QED) is 0.794. The third-order valence-electron chi connectivity index (χ3n) is 1.62. The molecule has 1 radical (unpaired) electrons.